The second-order valence-corrected chi connectivity index (χ2v) is 4.85. The number of ether oxygens (including phenoxy) is 1. The van der Waals surface area contributed by atoms with Gasteiger partial charge in [0.1, 0.15) is 5.75 Å². The first-order valence-corrected chi connectivity index (χ1v) is 6.40. The van der Waals surface area contributed by atoms with Crippen LogP contribution in [0.2, 0.25) is 0 Å². The molecule has 0 saturated heterocycles. The van der Waals surface area contributed by atoms with Crippen LogP contribution in [0.3, 0.4) is 0 Å². The molecule has 0 aliphatic heterocycles. The first-order valence-electron chi connectivity index (χ1n) is 6.40. The molecule has 0 fully saturated rings. The second kappa shape index (κ2) is 6.65. The van der Waals surface area contributed by atoms with Gasteiger partial charge < -0.3 is 9.84 Å². The summed E-state index contributed by atoms with van der Waals surface area (Å²) in [6, 6.07) is 4.23. The van der Waals surface area contributed by atoms with Crippen molar-refractivity contribution in [2.75, 3.05) is 6.61 Å². The van der Waals surface area contributed by atoms with Gasteiger partial charge >= 0.3 is 0 Å². The van der Waals surface area contributed by atoms with E-state index in [1.807, 2.05) is 6.92 Å². The van der Waals surface area contributed by atoms with E-state index in [1.54, 1.807) is 0 Å². The molecule has 0 aliphatic carbocycles. The number of benzene rings is 1. The quantitative estimate of drug-likeness (QED) is 0.765. The normalized spacial score (nSPS) is 12.5. The van der Waals surface area contributed by atoms with Gasteiger partial charge in [0, 0.05) is 0 Å². The van der Waals surface area contributed by atoms with Crippen molar-refractivity contribution in [1.29, 1.82) is 0 Å². The molecule has 2 heteroatoms. The van der Waals surface area contributed by atoms with Crippen molar-refractivity contribution in [3.05, 3.63) is 28.8 Å². The van der Waals surface area contributed by atoms with Crippen molar-refractivity contribution in [1.82, 2.24) is 0 Å². The Kier molecular flexibility index (Phi) is 5.49. The van der Waals surface area contributed by atoms with Crippen LogP contribution in [0.5, 0.6) is 5.75 Å². The van der Waals surface area contributed by atoms with Gasteiger partial charge in [-0.05, 0) is 63.6 Å². The van der Waals surface area contributed by atoms with Gasteiger partial charge in [-0.3, -0.25) is 0 Å². The van der Waals surface area contributed by atoms with Crippen molar-refractivity contribution >= 4 is 0 Å². The minimum atomic E-state index is -0.197. The Labute approximate surface area is 105 Å². The number of aliphatic hydroxyl groups excluding tert-OH is 1. The number of rotatable bonds is 6. The molecule has 0 aliphatic rings. The Morgan fingerprint density at radius 2 is 1.76 bits per heavy atom. The van der Waals surface area contributed by atoms with E-state index in [1.165, 1.54) is 16.7 Å². The molecule has 0 spiro atoms. The molecule has 0 aromatic heterocycles. The minimum absolute atomic E-state index is 0.197. The molecule has 0 radical (unpaired) electrons. The predicted octanol–water partition coefficient (Wildman–Crippen LogP) is 3.54. The molecule has 2 nitrogen and oxygen atoms in total. The van der Waals surface area contributed by atoms with E-state index in [0.717, 1.165) is 31.6 Å². The van der Waals surface area contributed by atoms with E-state index in [4.69, 9.17) is 9.84 Å². The molecule has 0 amide bonds. The third-order valence-electron chi connectivity index (χ3n) is 3.14. The fourth-order valence-electron chi connectivity index (χ4n) is 1.86. The van der Waals surface area contributed by atoms with E-state index >= 15 is 0 Å². The van der Waals surface area contributed by atoms with E-state index in [-0.39, 0.29) is 6.10 Å². The maximum absolute atomic E-state index is 9.15. The smallest absolute Gasteiger partial charge is 0.125 e. The summed E-state index contributed by atoms with van der Waals surface area (Å²) in [7, 11) is 0. The summed E-state index contributed by atoms with van der Waals surface area (Å²) >= 11 is 0. The first kappa shape index (κ1) is 14.0. The molecular weight excluding hydrogens is 212 g/mol. The fourth-order valence-corrected chi connectivity index (χ4v) is 1.86. The van der Waals surface area contributed by atoms with Crippen LogP contribution in [0.1, 0.15) is 42.9 Å². The Bertz CT molecular complexity index is 356. The van der Waals surface area contributed by atoms with Crippen LogP contribution in [0.25, 0.3) is 0 Å². The van der Waals surface area contributed by atoms with E-state index in [2.05, 4.69) is 32.9 Å². The summed E-state index contributed by atoms with van der Waals surface area (Å²) < 4.78 is 5.85. The lowest BCUT2D eigenvalue weighted by atomic mass is 10.1. The summed E-state index contributed by atoms with van der Waals surface area (Å²) in [5.41, 5.74) is 3.71. The highest BCUT2D eigenvalue weighted by atomic mass is 16.5. The van der Waals surface area contributed by atoms with E-state index < -0.39 is 0 Å². The lowest BCUT2D eigenvalue weighted by Crippen LogP contribution is -2.04. The van der Waals surface area contributed by atoms with Gasteiger partial charge in [0.05, 0.1) is 12.7 Å². The van der Waals surface area contributed by atoms with Gasteiger partial charge in [0.25, 0.3) is 0 Å². The third-order valence-corrected chi connectivity index (χ3v) is 3.14. The Balaban J connectivity index is 2.44. The van der Waals surface area contributed by atoms with Crippen molar-refractivity contribution in [2.24, 2.45) is 0 Å². The Morgan fingerprint density at radius 3 is 2.41 bits per heavy atom. The number of unbranched alkanes of at least 4 members (excludes halogenated alkanes) is 1. The van der Waals surface area contributed by atoms with Gasteiger partial charge in [-0.25, -0.2) is 0 Å². The summed E-state index contributed by atoms with van der Waals surface area (Å²) in [5.74, 6) is 1.03. The van der Waals surface area contributed by atoms with E-state index in [0.29, 0.717) is 0 Å². The molecule has 0 bridgehead atoms. The Hall–Kier alpha value is -1.02. The molecule has 1 aromatic rings. The van der Waals surface area contributed by atoms with Gasteiger partial charge in [0.15, 0.2) is 0 Å². The maximum Gasteiger partial charge on any atom is 0.125 e. The average molecular weight is 236 g/mol. The van der Waals surface area contributed by atoms with Crippen LogP contribution < -0.4 is 4.74 Å². The van der Waals surface area contributed by atoms with Crippen LogP contribution >= 0.6 is 0 Å². The number of hydrogen-bond acceptors (Lipinski definition) is 2. The zero-order chi connectivity index (χ0) is 12.8. The van der Waals surface area contributed by atoms with Crippen molar-refractivity contribution in [2.45, 2.75) is 53.1 Å². The van der Waals surface area contributed by atoms with Crippen molar-refractivity contribution < 1.29 is 9.84 Å². The largest absolute Gasteiger partial charge is 0.493 e. The lowest BCUT2D eigenvalue weighted by molar-refractivity contribution is 0.177. The summed E-state index contributed by atoms with van der Waals surface area (Å²) in [5, 5.41) is 9.15. The molecule has 96 valence electrons. The maximum atomic E-state index is 9.15. The molecule has 1 atom stereocenters. The summed E-state index contributed by atoms with van der Waals surface area (Å²) in [6.07, 6.45) is 2.67. The zero-order valence-electron chi connectivity index (χ0n) is 11.4. The monoisotopic (exact) mass is 236 g/mol. The van der Waals surface area contributed by atoms with Gasteiger partial charge in [-0.1, -0.05) is 12.1 Å². The molecule has 1 unspecified atom stereocenters. The third kappa shape index (κ3) is 4.39. The van der Waals surface area contributed by atoms with Crippen molar-refractivity contribution in [3.63, 3.8) is 0 Å². The average Bonchev–Trinajstić information content (AvgIpc) is 2.27. The van der Waals surface area contributed by atoms with Gasteiger partial charge in [0.2, 0.25) is 0 Å². The van der Waals surface area contributed by atoms with Crippen LogP contribution in [-0.2, 0) is 0 Å². The highest BCUT2D eigenvalue weighted by Crippen LogP contribution is 2.25. The second-order valence-electron chi connectivity index (χ2n) is 4.85. The lowest BCUT2D eigenvalue weighted by Gasteiger charge is -2.14. The van der Waals surface area contributed by atoms with Crippen molar-refractivity contribution in [3.8, 4) is 5.75 Å². The van der Waals surface area contributed by atoms with E-state index in [9.17, 15) is 0 Å². The number of aryl methyl sites for hydroxylation is 2. The highest BCUT2D eigenvalue weighted by molar-refractivity contribution is 5.44. The van der Waals surface area contributed by atoms with Crippen LogP contribution in [0.15, 0.2) is 12.1 Å². The SMILES string of the molecule is Cc1ccc(C)c(OCCCCC(C)O)c1C. The molecule has 1 N–H and O–H groups in total. The van der Waals surface area contributed by atoms with Crippen LogP contribution in [0.4, 0.5) is 0 Å². The summed E-state index contributed by atoms with van der Waals surface area (Å²) in [6.45, 7) is 8.85. The number of aliphatic hydroxyl groups is 1. The molecule has 0 saturated carbocycles. The minimum Gasteiger partial charge on any atom is -0.493 e. The topological polar surface area (TPSA) is 29.5 Å². The zero-order valence-corrected chi connectivity index (χ0v) is 11.4. The van der Waals surface area contributed by atoms with Crippen LogP contribution in [0, 0.1) is 20.8 Å². The van der Waals surface area contributed by atoms with Gasteiger partial charge in [-0.2, -0.15) is 0 Å². The molecule has 1 rings (SSSR count). The predicted molar refractivity (Wildman–Crippen MR) is 71.7 cm³/mol. The number of hydrogen-bond donors (Lipinski definition) is 1. The molecule has 0 heterocycles. The summed E-state index contributed by atoms with van der Waals surface area (Å²) in [4.78, 5) is 0. The van der Waals surface area contributed by atoms with Crippen LogP contribution in [-0.4, -0.2) is 17.8 Å². The first-order chi connectivity index (χ1) is 8.02. The standard InChI is InChI=1S/C15H24O2/c1-11-8-9-12(2)15(14(11)4)17-10-6-5-7-13(3)16/h8-9,13,16H,5-7,10H2,1-4H3. The molecular formula is C15H24O2. The molecule has 1 aromatic carbocycles. The Morgan fingerprint density at radius 1 is 1.12 bits per heavy atom. The highest BCUT2D eigenvalue weighted by Gasteiger charge is 2.06. The fraction of sp³-hybridized carbons (Fsp3) is 0.600. The molecule has 17 heavy (non-hydrogen) atoms. The van der Waals surface area contributed by atoms with Gasteiger partial charge in [-0.15, -0.1) is 0 Å².